The van der Waals surface area contributed by atoms with Crippen LogP contribution in [0.1, 0.15) is 19.5 Å². The van der Waals surface area contributed by atoms with Gasteiger partial charge in [-0.05, 0) is 117 Å². The van der Waals surface area contributed by atoms with Crippen molar-refractivity contribution in [2.24, 2.45) is 0 Å². The van der Waals surface area contributed by atoms with Gasteiger partial charge in [0.15, 0.2) is 0 Å². The number of rotatable bonds is 6. The summed E-state index contributed by atoms with van der Waals surface area (Å²) >= 11 is 16.0. The molecule has 0 amide bonds. The van der Waals surface area contributed by atoms with Crippen molar-refractivity contribution in [1.29, 1.82) is 0 Å². The summed E-state index contributed by atoms with van der Waals surface area (Å²) in [6.07, 6.45) is 0. The van der Waals surface area contributed by atoms with E-state index in [0.717, 1.165) is 19.5 Å². The Labute approximate surface area is 320 Å². The molecule has 0 aliphatic heterocycles. The first kappa shape index (κ1) is 31.4. The second kappa shape index (κ2) is 14.0. The molecular formula is C40H20S9. The minimum atomic E-state index is 1.08. The largest absolute Gasteiger partial charge is 0.144 e. The van der Waals surface area contributed by atoms with Crippen LogP contribution >= 0.6 is 102 Å². The topological polar surface area (TPSA) is 0 Å². The molecule has 0 unspecified atom stereocenters. The smallest absolute Gasteiger partial charge is 0.0786 e. The Kier molecular flexibility index (Phi) is 8.95. The highest BCUT2D eigenvalue weighted by Gasteiger charge is 2.16. The molecule has 0 aromatic carbocycles. The lowest BCUT2D eigenvalue weighted by Crippen LogP contribution is -1.70. The highest BCUT2D eigenvalue weighted by Crippen LogP contribution is 2.45. The van der Waals surface area contributed by atoms with Gasteiger partial charge >= 0.3 is 0 Å². The van der Waals surface area contributed by atoms with Gasteiger partial charge in [-0.1, -0.05) is 24.3 Å². The van der Waals surface area contributed by atoms with Crippen molar-refractivity contribution in [2.75, 3.05) is 0 Å². The van der Waals surface area contributed by atoms with Crippen LogP contribution < -0.4 is 0 Å². The predicted octanol–water partition coefficient (Wildman–Crippen LogP) is 15.0. The van der Waals surface area contributed by atoms with Crippen molar-refractivity contribution in [2.45, 2.75) is 0 Å². The Morgan fingerprint density at radius 3 is 1.29 bits per heavy atom. The van der Waals surface area contributed by atoms with E-state index in [9.17, 15) is 0 Å². The first-order chi connectivity index (χ1) is 24.2. The second-order valence-electron chi connectivity index (χ2n) is 10.6. The predicted molar refractivity (Wildman–Crippen MR) is 225 cm³/mol. The zero-order valence-electron chi connectivity index (χ0n) is 25.2. The molecule has 49 heavy (non-hydrogen) atoms. The van der Waals surface area contributed by atoms with Crippen LogP contribution in [-0.4, -0.2) is 0 Å². The Balaban J connectivity index is 0.959. The summed E-state index contributed by atoms with van der Waals surface area (Å²) < 4.78 is 0. The van der Waals surface area contributed by atoms with Crippen LogP contribution in [0.15, 0.2) is 118 Å². The summed E-state index contributed by atoms with van der Waals surface area (Å²) in [7, 11) is 0. The lowest BCUT2D eigenvalue weighted by atomic mass is 10.2. The molecule has 0 spiro atoms. The fourth-order valence-electron chi connectivity index (χ4n) is 5.33. The van der Waals surface area contributed by atoms with E-state index in [1.54, 1.807) is 102 Å². The molecule has 0 aliphatic rings. The van der Waals surface area contributed by atoms with Crippen LogP contribution in [0.5, 0.6) is 0 Å². The maximum absolute atomic E-state index is 3.48. The van der Waals surface area contributed by atoms with Gasteiger partial charge in [-0.3, -0.25) is 0 Å². The fourth-order valence-corrected chi connectivity index (χ4v) is 13.6. The van der Waals surface area contributed by atoms with Gasteiger partial charge in [0.2, 0.25) is 0 Å². The Morgan fingerprint density at radius 2 is 0.776 bits per heavy atom. The molecule has 9 aromatic rings. The molecule has 0 radical (unpaired) electrons. The molecule has 0 aliphatic carbocycles. The molecule has 0 saturated carbocycles. The first-order valence-corrected chi connectivity index (χ1v) is 22.7. The maximum Gasteiger partial charge on any atom is 0.0786 e. The van der Waals surface area contributed by atoms with Crippen LogP contribution in [0.4, 0.5) is 0 Å². The summed E-state index contributed by atoms with van der Waals surface area (Å²) in [5.41, 5.74) is 3.83. The van der Waals surface area contributed by atoms with Gasteiger partial charge in [-0.15, -0.1) is 102 Å². The zero-order valence-corrected chi connectivity index (χ0v) is 32.6. The molecule has 0 atom stereocenters. The average molecular weight is 789 g/mol. The third-order valence-corrected chi connectivity index (χ3v) is 16.6. The van der Waals surface area contributed by atoms with E-state index in [1.807, 2.05) is 0 Å². The lowest BCUT2D eigenvalue weighted by Gasteiger charge is -1.98. The number of hydrogen-bond donors (Lipinski definition) is 0. The number of hydrogen-bond acceptors (Lipinski definition) is 9. The second-order valence-corrected chi connectivity index (χ2v) is 19.6. The molecule has 9 rings (SSSR count). The first-order valence-electron chi connectivity index (χ1n) is 15.0. The molecule has 9 aromatic heterocycles. The molecule has 0 bridgehead atoms. The molecule has 0 saturated heterocycles. The summed E-state index contributed by atoms with van der Waals surface area (Å²) in [6.45, 7) is 0. The van der Waals surface area contributed by atoms with Crippen molar-refractivity contribution in [3.05, 3.63) is 137 Å². The summed E-state index contributed by atoms with van der Waals surface area (Å²) in [4.78, 5) is 15.9. The van der Waals surface area contributed by atoms with E-state index in [-0.39, 0.29) is 0 Å². The van der Waals surface area contributed by atoms with Gasteiger partial charge in [0, 0.05) is 46.0 Å². The highest BCUT2D eigenvalue weighted by molar-refractivity contribution is 7.24. The fraction of sp³-hybridized carbons (Fsp3) is 0. The van der Waals surface area contributed by atoms with Crippen molar-refractivity contribution in [1.82, 2.24) is 0 Å². The standard InChI is InChI=1S/C40H20S9/c1-5-32(41-18-1)30-23-27(48-39(30)35-7-3-20-43-35)11-9-25-13-15-34(46-25)29-17-22-45-38(29)37-16-14-26(47-37)10-12-28-24-31(33-6-2-19-42-33)40(49-28)36-8-4-21-44-36/h1-8,13-24H. The SMILES string of the molecule is C(#Cc1cc(-c2cccs2)c(-c2cccs2)s1)c1ccc(-c2ccsc2-c2ccc(C#Cc3cc(-c4cccs4)c(-c4cccs4)s3)s2)s1. The Hall–Kier alpha value is -3.58. The monoisotopic (exact) mass is 788 g/mol. The van der Waals surface area contributed by atoms with Crippen molar-refractivity contribution in [3.8, 4) is 84.3 Å². The third kappa shape index (κ3) is 6.56. The van der Waals surface area contributed by atoms with Gasteiger partial charge in [-0.25, -0.2) is 0 Å². The van der Waals surface area contributed by atoms with E-state index in [4.69, 9.17) is 0 Å². The minimum Gasteiger partial charge on any atom is -0.144 e. The third-order valence-electron chi connectivity index (χ3n) is 7.51. The summed E-state index contributed by atoms with van der Waals surface area (Å²) in [5.74, 6) is 13.9. The quantitative estimate of drug-likeness (QED) is 0.147. The molecule has 0 N–H and O–H groups in total. The van der Waals surface area contributed by atoms with Crippen LogP contribution in [0.25, 0.3) is 60.6 Å². The summed E-state index contributed by atoms with van der Waals surface area (Å²) in [6, 6.07) is 32.8. The zero-order chi connectivity index (χ0) is 32.6. The molecular weight excluding hydrogens is 769 g/mol. The van der Waals surface area contributed by atoms with Crippen LogP contribution in [0.3, 0.4) is 0 Å². The van der Waals surface area contributed by atoms with Gasteiger partial charge in [0.1, 0.15) is 0 Å². The molecule has 0 nitrogen and oxygen atoms in total. The van der Waals surface area contributed by atoms with Crippen molar-refractivity contribution >= 4 is 102 Å². The normalized spacial score (nSPS) is 10.9. The van der Waals surface area contributed by atoms with E-state index in [1.165, 1.54) is 60.6 Å². The highest BCUT2D eigenvalue weighted by atomic mass is 32.1. The molecule has 234 valence electrons. The van der Waals surface area contributed by atoms with Gasteiger partial charge in [-0.2, -0.15) is 0 Å². The van der Waals surface area contributed by atoms with E-state index in [0.29, 0.717) is 0 Å². The number of thiophene rings is 9. The Morgan fingerprint density at radius 1 is 0.306 bits per heavy atom. The van der Waals surface area contributed by atoms with Crippen molar-refractivity contribution in [3.63, 3.8) is 0 Å². The van der Waals surface area contributed by atoms with Gasteiger partial charge in [0.05, 0.1) is 34.1 Å². The van der Waals surface area contributed by atoms with E-state index >= 15 is 0 Å². The lowest BCUT2D eigenvalue weighted by molar-refractivity contribution is 1.83. The molecule has 9 heteroatoms. The average Bonchev–Trinajstić information content (AvgIpc) is 3.99. The van der Waals surface area contributed by atoms with Gasteiger partial charge < -0.3 is 0 Å². The molecule has 0 fully saturated rings. The van der Waals surface area contributed by atoms with Crippen molar-refractivity contribution < 1.29 is 0 Å². The maximum atomic E-state index is 3.48. The summed E-state index contributed by atoms with van der Waals surface area (Å²) in [5, 5.41) is 10.8. The van der Waals surface area contributed by atoms with E-state index in [2.05, 4.69) is 142 Å². The Bertz CT molecular complexity index is 2310. The van der Waals surface area contributed by atoms with Crippen LogP contribution in [0.2, 0.25) is 0 Å². The van der Waals surface area contributed by atoms with Crippen LogP contribution in [0, 0.1) is 23.7 Å². The van der Waals surface area contributed by atoms with E-state index < -0.39 is 0 Å². The molecule has 9 heterocycles. The minimum absolute atomic E-state index is 1.08. The van der Waals surface area contributed by atoms with Crippen LogP contribution in [-0.2, 0) is 0 Å². The van der Waals surface area contributed by atoms with Gasteiger partial charge in [0.25, 0.3) is 0 Å².